The molecule has 0 spiro atoms. The van der Waals surface area contributed by atoms with Crippen LogP contribution in [0.2, 0.25) is 0 Å². The summed E-state index contributed by atoms with van der Waals surface area (Å²) in [5.41, 5.74) is 3.95. The van der Waals surface area contributed by atoms with Gasteiger partial charge >= 0.3 is 0 Å². The predicted octanol–water partition coefficient (Wildman–Crippen LogP) is 6.73. The quantitative estimate of drug-likeness (QED) is 0.358. The van der Waals surface area contributed by atoms with Crippen LogP contribution in [-0.2, 0) is 0 Å². The highest BCUT2D eigenvalue weighted by Crippen LogP contribution is 2.38. The van der Waals surface area contributed by atoms with Crippen LogP contribution in [0.25, 0.3) is 32.7 Å². The molecule has 0 amide bonds. The van der Waals surface area contributed by atoms with Crippen molar-refractivity contribution in [3.8, 4) is 11.1 Å². The van der Waals surface area contributed by atoms with Crippen LogP contribution in [0, 0.1) is 6.92 Å². The first-order chi connectivity index (χ1) is 10.8. The van der Waals surface area contributed by atoms with Gasteiger partial charge in [-0.15, -0.1) is 0 Å². The zero-order valence-electron chi connectivity index (χ0n) is 12.3. The molecule has 0 aliphatic rings. The standard InChI is InChI=1S/C21H15Br/c1-14-10-11-15-6-2-3-7-16(15)21(14)19-12-13-20(22)18-9-5-4-8-17(18)19/h2-13H,1H3. The first kappa shape index (κ1) is 13.5. The Morgan fingerprint density at radius 3 is 2.14 bits per heavy atom. The van der Waals surface area contributed by atoms with Crippen LogP contribution in [0.5, 0.6) is 0 Å². The maximum atomic E-state index is 3.67. The molecule has 0 fully saturated rings. The lowest BCUT2D eigenvalue weighted by Crippen LogP contribution is -1.88. The van der Waals surface area contributed by atoms with Gasteiger partial charge in [0.15, 0.2) is 0 Å². The Morgan fingerprint density at radius 2 is 1.32 bits per heavy atom. The minimum absolute atomic E-state index is 1.14. The summed E-state index contributed by atoms with van der Waals surface area (Å²) in [5.74, 6) is 0. The molecule has 0 nitrogen and oxygen atoms in total. The molecule has 4 aromatic rings. The third kappa shape index (κ3) is 2.05. The van der Waals surface area contributed by atoms with Gasteiger partial charge in [0.05, 0.1) is 0 Å². The van der Waals surface area contributed by atoms with Gasteiger partial charge in [0, 0.05) is 4.47 Å². The number of benzene rings is 4. The average molecular weight is 347 g/mol. The minimum atomic E-state index is 1.14. The summed E-state index contributed by atoms with van der Waals surface area (Å²) >= 11 is 3.67. The molecule has 0 atom stereocenters. The largest absolute Gasteiger partial charge is 0.0616 e. The Hall–Kier alpha value is -2.12. The number of rotatable bonds is 1. The second kappa shape index (κ2) is 5.26. The molecule has 0 saturated heterocycles. The molecule has 106 valence electrons. The molecule has 1 heteroatoms. The number of fused-ring (bicyclic) bond motifs is 2. The highest BCUT2D eigenvalue weighted by molar-refractivity contribution is 9.10. The zero-order valence-corrected chi connectivity index (χ0v) is 13.9. The Kier molecular flexibility index (Phi) is 3.24. The van der Waals surface area contributed by atoms with E-state index in [0.717, 1.165) is 4.47 Å². The lowest BCUT2D eigenvalue weighted by atomic mass is 9.91. The fourth-order valence-corrected chi connectivity index (χ4v) is 3.70. The number of hydrogen-bond donors (Lipinski definition) is 0. The molecule has 0 radical (unpaired) electrons. The summed E-state index contributed by atoms with van der Waals surface area (Å²) in [6, 6.07) is 26.0. The lowest BCUT2D eigenvalue weighted by molar-refractivity contribution is 1.49. The normalized spacial score (nSPS) is 11.2. The molecule has 4 aromatic carbocycles. The fraction of sp³-hybridized carbons (Fsp3) is 0.0476. The summed E-state index contributed by atoms with van der Waals surface area (Å²) in [6.07, 6.45) is 0. The number of halogens is 1. The molecule has 4 rings (SSSR count). The van der Waals surface area contributed by atoms with Gasteiger partial charge in [-0.25, -0.2) is 0 Å². The van der Waals surface area contributed by atoms with Gasteiger partial charge in [-0.3, -0.25) is 0 Å². The van der Waals surface area contributed by atoms with Crippen molar-refractivity contribution in [2.75, 3.05) is 0 Å². The van der Waals surface area contributed by atoms with Crippen LogP contribution in [0.3, 0.4) is 0 Å². The van der Waals surface area contributed by atoms with Gasteiger partial charge in [0.1, 0.15) is 0 Å². The maximum Gasteiger partial charge on any atom is 0.0254 e. The Balaban J connectivity index is 2.17. The van der Waals surface area contributed by atoms with E-state index in [2.05, 4.69) is 95.7 Å². The zero-order chi connectivity index (χ0) is 15.1. The second-order valence-electron chi connectivity index (χ2n) is 5.62. The van der Waals surface area contributed by atoms with E-state index in [0.29, 0.717) is 0 Å². The third-order valence-corrected chi connectivity index (χ3v) is 4.97. The maximum absolute atomic E-state index is 3.67. The van der Waals surface area contributed by atoms with Crippen molar-refractivity contribution in [1.82, 2.24) is 0 Å². The van der Waals surface area contributed by atoms with E-state index in [9.17, 15) is 0 Å². The van der Waals surface area contributed by atoms with Crippen molar-refractivity contribution < 1.29 is 0 Å². The molecule has 0 saturated carbocycles. The summed E-state index contributed by atoms with van der Waals surface area (Å²) in [6.45, 7) is 2.19. The van der Waals surface area contributed by atoms with E-state index in [1.54, 1.807) is 0 Å². The highest BCUT2D eigenvalue weighted by Gasteiger charge is 2.11. The van der Waals surface area contributed by atoms with E-state index in [4.69, 9.17) is 0 Å². The van der Waals surface area contributed by atoms with Crippen molar-refractivity contribution >= 4 is 37.5 Å². The molecular weight excluding hydrogens is 332 g/mol. The van der Waals surface area contributed by atoms with Crippen molar-refractivity contribution in [2.24, 2.45) is 0 Å². The monoisotopic (exact) mass is 346 g/mol. The Labute approximate surface area is 138 Å². The third-order valence-electron chi connectivity index (χ3n) is 4.28. The van der Waals surface area contributed by atoms with Gasteiger partial charge in [0.25, 0.3) is 0 Å². The highest BCUT2D eigenvalue weighted by atomic mass is 79.9. The molecule has 0 bridgehead atoms. The average Bonchev–Trinajstić information content (AvgIpc) is 2.56. The van der Waals surface area contributed by atoms with E-state index in [1.807, 2.05) is 0 Å². The van der Waals surface area contributed by atoms with E-state index in [-0.39, 0.29) is 0 Å². The van der Waals surface area contributed by atoms with Crippen molar-refractivity contribution in [2.45, 2.75) is 6.92 Å². The van der Waals surface area contributed by atoms with Crippen molar-refractivity contribution in [3.63, 3.8) is 0 Å². The van der Waals surface area contributed by atoms with Crippen LogP contribution < -0.4 is 0 Å². The summed E-state index contributed by atoms with van der Waals surface area (Å²) in [4.78, 5) is 0. The van der Waals surface area contributed by atoms with Gasteiger partial charge in [0.2, 0.25) is 0 Å². The number of hydrogen-bond acceptors (Lipinski definition) is 0. The number of aryl methyl sites for hydroxylation is 1. The molecule has 0 N–H and O–H groups in total. The van der Waals surface area contributed by atoms with Crippen LogP contribution in [-0.4, -0.2) is 0 Å². The fourth-order valence-electron chi connectivity index (χ4n) is 3.22. The molecule has 0 aliphatic carbocycles. The van der Waals surface area contributed by atoms with Crippen LogP contribution in [0.15, 0.2) is 77.3 Å². The first-order valence-electron chi connectivity index (χ1n) is 7.42. The summed E-state index contributed by atoms with van der Waals surface area (Å²) in [7, 11) is 0. The SMILES string of the molecule is Cc1ccc2ccccc2c1-c1ccc(Br)c2ccccc12. The van der Waals surface area contributed by atoms with Crippen molar-refractivity contribution in [1.29, 1.82) is 0 Å². The summed E-state index contributed by atoms with van der Waals surface area (Å²) < 4.78 is 1.14. The molecule has 0 aliphatic heterocycles. The molecule has 0 heterocycles. The molecule has 0 aromatic heterocycles. The van der Waals surface area contributed by atoms with Gasteiger partial charge in [-0.1, -0.05) is 82.7 Å². The smallest absolute Gasteiger partial charge is 0.0254 e. The molecular formula is C21H15Br. The van der Waals surface area contributed by atoms with E-state index < -0.39 is 0 Å². The van der Waals surface area contributed by atoms with Crippen LogP contribution in [0.1, 0.15) is 5.56 Å². The Morgan fingerprint density at radius 1 is 0.636 bits per heavy atom. The van der Waals surface area contributed by atoms with E-state index in [1.165, 1.54) is 38.2 Å². The van der Waals surface area contributed by atoms with Gasteiger partial charge < -0.3 is 0 Å². The van der Waals surface area contributed by atoms with Gasteiger partial charge in [-0.2, -0.15) is 0 Å². The lowest BCUT2D eigenvalue weighted by Gasteiger charge is -2.14. The Bertz CT molecular complexity index is 999. The second-order valence-corrected chi connectivity index (χ2v) is 6.47. The predicted molar refractivity (Wildman–Crippen MR) is 99.3 cm³/mol. The van der Waals surface area contributed by atoms with Crippen LogP contribution >= 0.6 is 15.9 Å². The van der Waals surface area contributed by atoms with Gasteiger partial charge in [-0.05, 0) is 51.2 Å². The topological polar surface area (TPSA) is 0 Å². The molecule has 22 heavy (non-hydrogen) atoms. The van der Waals surface area contributed by atoms with E-state index >= 15 is 0 Å². The summed E-state index contributed by atoms with van der Waals surface area (Å²) in [5, 5.41) is 5.15. The molecule has 0 unspecified atom stereocenters. The minimum Gasteiger partial charge on any atom is -0.0616 e. The van der Waals surface area contributed by atoms with Crippen molar-refractivity contribution in [3.05, 3.63) is 82.8 Å². The first-order valence-corrected chi connectivity index (χ1v) is 8.21. The van der Waals surface area contributed by atoms with Crippen LogP contribution in [0.4, 0.5) is 0 Å².